The Morgan fingerprint density at radius 3 is 2.44 bits per heavy atom. The van der Waals surface area contributed by atoms with Crippen LogP contribution in [-0.4, -0.2) is 61.2 Å². The van der Waals surface area contributed by atoms with Crippen molar-refractivity contribution in [1.29, 1.82) is 0 Å². The van der Waals surface area contributed by atoms with Crippen LogP contribution in [0.25, 0.3) is 22.6 Å². The van der Waals surface area contributed by atoms with Gasteiger partial charge in [0, 0.05) is 24.2 Å². The van der Waals surface area contributed by atoms with Crippen LogP contribution in [0.1, 0.15) is 11.3 Å². The molecule has 0 radical (unpaired) electrons. The summed E-state index contributed by atoms with van der Waals surface area (Å²) in [7, 11) is -3.57. The van der Waals surface area contributed by atoms with Crippen molar-refractivity contribution < 1.29 is 22.7 Å². The molecule has 34 heavy (non-hydrogen) atoms. The van der Waals surface area contributed by atoms with Crippen LogP contribution in [-0.2, 0) is 29.9 Å². The number of carbonyl (C=O) groups excluding carboxylic acids is 2. The first-order valence-electron chi connectivity index (χ1n) is 10.7. The molecule has 0 unspecified atom stereocenters. The minimum atomic E-state index is -3.57. The van der Waals surface area contributed by atoms with E-state index < -0.39 is 21.7 Å². The number of hydrogen-bond donors (Lipinski definition) is 1. The molecule has 9 nitrogen and oxygen atoms in total. The van der Waals surface area contributed by atoms with Gasteiger partial charge in [0.15, 0.2) is 9.84 Å². The van der Waals surface area contributed by atoms with Gasteiger partial charge in [-0.1, -0.05) is 43.0 Å². The van der Waals surface area contributed by atoms with E-state index in [1.165, 1.54) is 0 Å². The summed E-state index contributed by atoms with van der Waals surface area (Å²) < 4.78 is 32.8. The molecule has 2 aliphatic heterocycles. The van der Waals surface area contributed by atoms with Gasteiger partial charge in [-0.2, -0.15) is 5.10 Å². The number of fused-ring (bicyclic) bond motifs is 3. The predicted octanol–water partition coefficient (Wildman–Crippen LogP) is 1.77. The van der Waals surface area contributed by atoms with Gasteiger partial charge in [0.05, 0.1) is 27.7 Å². The summed E-state index contributed by atoms with van der Waals surface area (Å²) in [5.74, 6) is -0.989. The number of morpholine rings is 1. The molecular weight excluding hydrogens is 456 g/mol. The summed E-state index contributed by atoms with van der Waals surface area (Å²) >= 11 is 0. The van der Waals surface area contributed by atoms with Crippen LogP contribution in [0.5, 0.6) is 0 Å². The molecule has 3 heterocycles. The van der Waals surface area contributed by atoms with E-state index in [2.05, 4.69) is 11.9 Å². The summed E-state index contributed by atoms with van der Waals surface area (Å²) in [5, 5.41) is 7.85. The Bertz CT molecular complexity index is 1400. The number of hydrogen-bond acceptors (Lipinski definition) is 7. The molecule has 0 aliphatic carbocycles. The Hall–Kier alpha value is -3.76. The molecular formula is C24H22N4O5S. The summed E-state index contributed by atoms with van der Waals surface area (Å²) in [6.45, 7) is 4.20. The quantitative estimate of drug-likeness (QED) is 0.538. The zero-order chi connectivity index (χ0) is 23.9. The molecule has 2 aromatic carbocycles. The van der Waals surface area contributed by atoms with Crippen molar-refractivity contribution in [3.63, 3.8) is 0 Å². The molecule has 174 valence electrons. The highest BCUT2D eigenvalue weighted by molar-refractivity contribution is 7.90. The number of aromatic nitrogens is 2. The van der Waals surface area contributed by atoms with Crippen LogP contribution in [0.15, 0.2) is 66.1 Å². The summed E-state index contributed by atoms with van der Waals surface area (Å²) in [5.41, 5.74) is 3.47. The van der Waals surface area contributed by atoms with Gasteiger partial charge in [0.25, 0.3) is 11.8 Å². The number of benzene rings is 2. The third-order valence-electron chi connectivity index (χ3n) is 5.81. The maximum atomic E-state index is 13.1. The fourth-order valence-electron chi connectivity index (χ4n) is 4.24. The Balaban J connectivity index is 1.50. The largest absolute Gasteiger partial charge is 0.382 e. The van der Waals surface area contributed by atoms with Crippen molar-refractivity contribution in [2.75, 3.05) is 26.3 Å². The highest BCUT2D eigenvalue weighted by Gasteiger charge is 2.34. The number of imide groups is 1. The second kappa shape index (κ2) is 8.54. The summed E-state index contributed by atoms with van der Waals surface area (Å²) in [6.07, 6.45) is 0. The Labute approximate surface area is 196 Å². The molecule has 2 amide bonds. The molecule has 0 saturated carbocycles. The molecule has 0 spiro atoms. The molecule has 2 aliphatic rings. The minimum absolute atomic E-state index is 0.126. The fraction of sp³-hybridized carbons (Fsp3) is 0.208. The average molecular weight is 479 g/mol. The molecule has 1 saturated heterocycles. The van der Waals surface area contributed by atoms with Crippen LogP contribution in [0.4, 0.5) is 0 Å². The third kappa shape index (κ3) is 3.80. The van der Waals surface area contributed by atoms with Gasteiger partial charge in [-0.15, -0.1) is 0 Å². The van der Waals surface area contributed by atoms with Gasteiger partial charge in [-0.25, -0.2) is 13.1 Å². The van der Waals surface area contributed by atoms with E-state index in [1.807, 2.05) is 30.3 Å². The first kappa shape index (κ1) is 22.1. The van der Waals surface area contributed by atoms with Crippen molar-refractivity contribution in [2.24, 2.45) is 0 Å². The van der Waals surface area contributed by atoms with Gasteiger partial charge >= 0.3 is 0 Å². The lowest BCUT2D eigenvalue weighted by molar-refractivity contribution is -0.158. The molecule has 5 rings (SSSR count). The smallest absolute Gasteiger partial charge is 0.255 e. The van der Waals surface area contributed by atoms with Crippen LogP contribution in [0.2, 0.25) is 0 Å². The lowest BCUT2D eigenvalue weighted by atomic mass is 10.0. The second-order valence-electron chi connectivity index (χ2n) is 8.02. The summed E-state index contributed by atoms with van der Waals surface area (Å²) in [4.78, 5) is 25.3. The van der Waals surface area contributed by atoms with Crippen LogP contribution < -0.4 is 5.32 Å². The molecule has 0 bridgehead atoms. The molecule has 10 heteroatoms. The number of rotatable bonds is 6. The number of nitrogens with zero attached hydrogens (tertiary/aromatic N) is 3. The van der Waals surface area contributed by atoms with Gasteiger partial charge < -0.3 is 10.1 Å². The first-order valence-corrected chi connectivity index (χ1v) is 12.4. The summed E-state index contributed by atoms with van der Waals surface area (Å²) in [6, 6.07) is 16.4. The maximum Gasteiger partial charge on any atom is 0.255 e. The number of para-hydroxylation sites is 1. The number of ether oxygens (including phenoxy) is 1. The first-order chi connectivity index (χ1) is 16.4. The number of nitrogens with one attached hydrogen (secondary N) is 1. The molecule has 1 fully saturated rings. The molecule has 1 aromatic heterocycles. The van der Waals surface area contributed by atoms with Crippen molar-refractivity contribution >= 4 is 27.3 Å². The highest BCUT2D eigenvalue weighted by Crippen LogP contribution is 2.41. The van der Waals surface area contributed by atoms with E-state index in [0.717, 1.165) is 10.6 Å². The number of carbonyl (C=O) groups is 2. The fourth-order valence-corrected chi connectivity index (χ4v) is 5.83. The Morgan fingerprint density at radius 1 is 1.03 bits per heavy atom. The van der Waals surface area contributed by atoms with Crippen molar-refractivity contribution in [3.05, 3.63) is 72.4 Å². The lowest BCUT2D eigenvalue weighted by Gasteiger charge is -2.25. The van der Waals surface area contributed by atoms with Crippen molar-refractivity contribution in [3.8, 4) is 16.9 Å². The van der Waals surface area contributed by atoms with E-state index >= 15 is 0 Å². The second-order valence-corrected chi connectivity index (χ2v) is 9.97. The molecule has 0 atom stereocenters. The van der Waals surface area contributed by atoms with Crippen LogP contribution in [0.3, 0.4) is 0 Å². The van der Waals surface area contributed by atoms with E-state index in [0.29, 0.717) is 28.2 Å². The van der Waals surface area contributed by atoms with E-state index in [9.17, 15) is 18.0 Å². The van der Waals surface area contributed by atoms with Gasteiger partial charge in [0.2, 0.25) is 0 Å². The predicted molar refractivity (Wildman–Crippen MR) is 124 cm³/mol. The monoisotopic (exact) mass is 478 g/mol. The van der Waals surface area contributed by atoms with Crippen molar-refractivity contribution in [1.82, 2.24) is 20.0 Å². The minimum Gasteiger partial charge on any atom is -0.382 e. The van der Waals surface area contributed by atoms with Crippen LogP contribution in [0, 0.1) is 0 Å². The Morgan fingerprint density at radius 2 is 1.71 bits per heavy atom. The highest BCUT2D eigenvalue weighted by atomic mass is 32.2. The Kier molecular flexibility index (Phi) is 5.54. The molecule has 3 aromatic rings. The normalized spacial score (nSPS) is 16.6. The number of sulfone groups is 1. The van der Waals surface area contributed by atoms with E-state index in [4.69, 9.17) is 9.84 Å². The van der Waals surface area contributed by atoms with E-state index in [-0.39, 0.29) is 37.0 Å². The zero-order valence-electron chi connectivity index (χ0n) is 18.2. The average Bonchev–Trinajstić information content (AvgIpc) is 3.20. The maximum absolute atomic E-state index is 13.1. The number of amides is 2. The SMILES string of the molecule is C=C(NCCN1C(=O)COCC1=O)c1nn(-c2ccccc2)c2c1CS(=O)(=O)c1ccccc1-2. The molecule has 1 N–H and O–H groups in total. The van der Waals surface area contributed by atoms with Gasteiger partial charge in [-0.3, -0.25) is 14.5 Å². The topological polar surface area (TPSA) is 111 Å². The van der Waals surface area contributed by atoms with E-state index in [1.54, 1.807) is 28.9 Å². The standard InChI is InChI=1S/C24H22N4O5S/c1-16(25-11-12-27-21(29)13-33-14-22(27)30)23-19-15-34(31,32)20-10-6-5-9-18(20)24(19)28(26-23)17-7-3-2-4-8-17/h2-10,25H,1,11-15H2. The zero-order valence-corrected chi connectivity index (χ0v) is 19.0. The van der Waals surface area contributed by atoms with Gasteiger partial charge in [-0.05, 0) is 18.2 Å². The van der Waals surface area contributed by atoms with Crippen molar-refractivity contribution in [2.45, 2.75) is 10.6 Å². The lowest BCUT2D eigenvalue weighted by Crippen LogP contribution is -2.48. The third-order valence-corrected chi connectivity index (χ3v) is 7.50. The van der Waals surface area contributed by atoms with Crippen LogP contribution >= 0.6 is 0 Å². The van der Waals surface area contributed by atoms with Gasteiger partial charge in [0.1, 0.15) is 18.9 Å².